The zero-order valence-electron chi connectivity index (χ0n) is 18.2. The van der Waals surface area contributed by atoms with Gasteiger partial charge >= 0.3 is 0 Å². The summed E-state index contributed by atoms with van der Waals surface area (Å²) in [5.74, 6) is 1.22. The summed E-state index contributed by atoms with van der Waals surface area (Å²) in [5.41, 5.74) is 3.20. The molecule has 1 N–H and O–H groups in total. The van der Waals surface area contributed by atoms with Gasteiger partial charge in [-0.25, -0.2) is 0 Å². The van der Waals surface area contributed by atoms with Crippen molar-refractivity contribution in [1.82, 2.24) is 5.01 Å². The number of thioether (sulfide) groups is 1. The van der Waals surface area contributed by atoms with E-state index in [9.17, 15) is 4.79 Å². The molecule has 0 aliphatic carbocycles. The molecule has 0 unspecified atom stereocenters. The Balaban J connectivity index is 1.37. The van der Waals surface area contributed by atoms with Crippen molar-refractivity contribution in [3.63, 3.8) is 0 Å². The fourth-order valence-corrected chi connectivity index (χ4v) is 4.16. The summed E-state index contributed by atoms with van der Waals surface area (Å²) in [6.07, 6.45) is 2.39. The maximum atomic E-state index is 12.4. The van der Waals surface area contributed by atoms with Crippen molar-refractivity contribution < 1.29 is 14.3 Å². The molecule has 32 heavy (non-hydrogen) atoms. The molecule has 0 atom stereocenters. The predicted octanol–water partition coefficient (Wildman–Crippen LogP) is 4.79. The minimum Gasteiger partial charge on any atom is -0.490 e. The van der Waals surface area contributed by atoms with E-state index in [1.807, 2.05) is 63.2 Å². The van der Waals surface area contributed by atoms with E-state index < -0.39 is 5.91 Å². The van der Waals surface area contributed by atoms with Crippen LogP contribution >= 0.6 is 11.8 Å². The summed E-state index contributed by atoms with van der Waals surface area (Å²) in [6.45, 7) is 6.89. The van der Waals surface area contributed by atoms with Gasteiger partial charge in [0.25, 0.3) is 5.91 Å². The Morgan fingerprint density at radius 2 is 1.75 bits per heavy atom. The van der Waals surface area contributed by atoms with E-state index in [1.54, 1.807) is 6.08 Å². The molecule has 0 spiro atoms. The number of carbonyl (C=O) groups is 1. The second-order valence-electron chi connectivity index (χ2n) is 7.35. The minimum atomic E-state index is -0.426. The number of hydrazone groups is 1. The van der Waals surface area contributed by atoms with Crippen molar-refractivity contribution in [2.75, 3.05) is 13.2 Å². The lowest BCUT2D eigenvalue weighted by Crippen LogP contribution is -2.35. The molecule has 0 aromatic heterocycles. The van der Waals surface area contributed by atoms with Gasteiger partial charge in [0.05, 0.1) is 5.57 Å². The van der Waals surface area contributed by atoms with Gasteiger partial charge in [-0.15, -0.1) is 0 Å². The zero-order chi connectivity index (χ0) is 22.7. The third kappa shape index (κ3) is 4.60. The highest BCUT2D eigenvalue weighted by atomic mass is 32.2. The van der Waals surface area contributed by atoms with E-state index in [-0.39, 0.29) is 11.4 Å². The van der Waals surface area contributed by atoms with Crippen molar-refractivity contribution in [2.45, 2.75) is 27.2 Å². The molecule has 2 aromatic rings. The number of amides is 1. The molecule has 0 radical (unpaired) electrons. The average molecular weight is 449 g/mol. The fraction of sp³-hybridized carbons (Fsp3) is 0.250. The highest BCUT2D eigenvalue weighted by Crippen LogP contribution is 2.29. The number of ether oxygens (including phenoxy) is 2. The Labute approximate surface area is 191 Å². The number of aliphatic imine (C=N–C) groups is 1. The molecule has 2 aromatic carbocycles. The van der Waals surface area contributed by atoms with E-state index in [2.05, 4.69) is 10.1 Å². The number of nitrogens with one attached hydrogen (secondary N) is 1. The first-order chi connectivity index (χ1) is 15.5. The van der Waals surface area contributed by atoms with Crippen LogP contribution in [0.4, 0.5) is 0 Å². The standard InChI is InChI=1S/C24H24N4O3S/c1-4-20-27-28-22(25)19(23(29)26-24(28)32-20)14-17-8-10-18(11-9-17)30-12-13-31-21-15(2)6-5-7-16(21)3/h5-11,14,25H,4,12-13H2,1-3H3/b19-14-,25-22?. The van der Waals surface area contributed by atoms with E-state index >= 15 is 0 Å². The number of benzene rings is 2. The molecule has 0 fully saturated rings. The largest absolute Gasteiger partial charge is 0.490 e. The molecule has 0 bridgehead atoms. The van der Waals surface area contributed by atoms with Crippen molar-refractivity contribution in [3.05, 3.63) is 64.7 Å². The van der Waals surface area contributed by atoms with Crippen LogP contribution < -0.4 is 9.47 Å². The van der Waals surface area contributed by atoms with Crippen molar-refractivity contribution in [1.29, 1.82) is 5.41 Å². The van der Waals surface area contributed by atoms with Gasteiger partial charge in [0.1, 0.15) is 29.8 Å². The summed E-state index contributed by atoms with van der Waals surface area (Å²) in [7, 11) is 0. The van der Waals surface area contributed by atoms with Crippen LogP contribution in [0, 0.1) is 19.3 Å². The lowest BCUT2D eigenvalue weighted by atomic mass is 10.1. The van der Waals surface area contributed by atoms with E-state index in [0.29, 0.717) is 24.1 Å². The molecule has 2 aliphatic rings. The van der Waals surface area contributed by atoms with Gasteiger partial charge in [-0.2, -0.15) is 15.1 Å². The number of aryl methyl sites for hydroxylation is 2. The number of hydrogen-bond donors (Lipinski definition) is 1. The Morgan fingerprint density at radius 1 is 1.06 bits per heavy atom. The first kappa shape index (κ1) is 21.8. The molecule has 2 heterocycles. The molecule has 0 saturated heterocycles. The molecule has 0 saturated carbocycles. The number of fused-ring (bicyclic) bond motifs is 1. The maximum Gasteiger partial charge on any atom is 0.283 e. The van der Waals surface area contributed by atoms with Gasteiger partial charge in [0.2, 0.25) is 5.17 Å². The molecule has 7 nitrogen and oxygen atoms in total. The van der Waals surface area contributed by atoms with Crippen LogP contribution in [0.15, 0.2) is 58.1 Å². The van der Waals surface area contributed by atoms with Crippen LogP contribution in [0.1, 0.15) is 30.0 Å². The molecule has 2 aliphatic heterocycles. The molecule has 1 amide bonds. The second-order valence-corrected chi connectivity index (χ2v) is 8.39. The molecule has 8 heteroatoms. The van der Waals surface area contributed by atoms with Gasteiger partial charge in [0.15, 0.2) is 5.84 Å². The first-order valence-electron chi connectivity index (χ1n) is 10.4. The smallest absolute Gasteiger partial charge is 0.283 e. The molecular formula is C24H24N4O3S. The van der Waals surface area contributed by atoms with Crippen molar-refractivity contribution in [2.24, 2.45) is 10.1 Å². The number of carbonyl (C=O) groups excluding carboxylic acids is 1. The van der Waals surface area contributed by atoms with Crippen molar-refractivity contribution in [3.8, 4) is 11.5 Å². The van der Waals surface area contributed by atoms with Gasteiger partial charge in [-0.1, -0.05) is 37.3 Å². The van der Waals surface area contributed by atoms with Crippen LogP contribution in [0.3, 0.4) is 0 Å². The van der Waals surface area contributed by atoms with Crippen LogP contribution in [-0.2, 0) is 4.79 Å². The molecule has 164 valence electrons. The molecular weight excluding hydrogens is 424 g/mol. The number of amidine groups is 2. The van der Waals surface area contributed by atoms with E-state index in [4.69, 9.17) is 14.9 Å². The first-order valence-corrected chi connectivity index (χ1v) is 11.2. The van der Waals surface area contributed by atoms with E-state index in [0.717, 1.165) is 33.9 Å². The quantitative estimate of drug-likeness (QED) is 0.486. The van der Waals surface area contributed by atoms with Gasteiger partial charge in [-0.05, 0) is 66.9 Å². The Hall–Kier alpha value is -3.39. The van der Waals surface area contributed by atoms with Gasteiger partial charge in [0, 0.05) is 0 Å². The van der Waals surface area contributed by atoms with Crippen LogP contribution in [0.25, 0.3) is 6.08 Å². The second kappa shape index (κ2) is 9.40. The monoisotopic (exact) mass is 448 g/mol. The molecule has 4 rings (SSSR count). The number of para-hydroxylation sites is 1. The van der Waals surface area contributed by atoms with Crippen molar-refractivity contribution >= 4 is 39.8 Å². The average Bonchev–Trinajstić information content (AvgIpc) is 3.20. The maximum absolute atomic E-state index is 12.4. The Kier molecular flexibility index (Phi) is 6.41. The van der Waals surface area contributed by atoms with Crippen LogP contribution in [-0.4, -0.2) is 40.2 Å². The van der Waals surface area contributed by atoms with Gasteiger partial charge in [-0.3, -0.25) is 10.2 Å². The lowest BCUT2D eigenvalue weighted by molar-refractivity contribution is -0.114. The number of rotatable bonds is 7. The SMILES string of the molecule is CCC1=NN2C(=N)/C(=C/c3ccc(OCCOc4c(C)cccc4C)cc3)C(=O)N=C2S1. The predicted molar refractivity (Wildman–Crippen MR) is 129 cm³/mol. The van der Waals surface area contributed by atoms with Crippen LogP contribution in [0.5, 0.6) is 11.5 Å². The summed E-state index contributed by atoms with van der Waals surface area (Å²) < 4.78 is 11.6. The topological polar surface area (TPSA) is 87.3 Å². The summed E-state index contributed by atoms with van der Waals surface area (Å²) >= 11 is 1.33. The number of hydrogen-bond acceptors (Lipinski definition) is 6. The third-order valence-electron chi connectivity index (χ3n) is 5.00. The summed E-state index contributed by atoms with van der Waals surface area (Å²) in [5, 5.41) is 15.4. The third-order valence-corrected chi connectivity index (χ3v) is 6.05. The minimum absolute atomic E-state index is 0.0416. The highest BCUT2D eigenvalue weighted by molar-refractivity contribution is 8.26. The van der Waals surface area contributed by atoms with E-state index in [1.165, 1.54) is 16.8 Å². The summed E-state index contributed by atoms with van der Waals surface area (Å²) in [4.78, 5) is 16.5. The highest BCUT2D eigenvalue weighted by Gasteiger charge is 2.34. The van der Waals surface area contributed by atoms with Crippen LogP contribution in [0.2, 0.25) is 0 Å². The van der Waals surface area contributed by atoms with Gasteiger partial charge < -0.3 is 9.47 Å². The number of nitrogens with zero attached hydrogens (tertiary/aromatic N) is 3. The Morgan fingerprint density at radius 3 is 2.44 bits per heavy atom. The zero-order valence-corrected chi connectivity index (χ0v) is 19.0. The lowest BCUT2D eigenvalue weighted by Gasteiger charge is -2.20. The Bertz CT molecular complexity index is 1130. The fourth-order valence-electron chi connectivity index (χ4n) is 3.33. The normalized spacial score (nSPS) is 16.7. The summed E-state index contributed by atoms with van der Waals surface area (Å²) in [6, 6.07) is 13.4.